The average Bonchev–Trinajstić information content (AvgIpc) is 3.28. The molecule has 0 unspecified atom stereocenters. The van der Waals surface area contributed by atoms with Crippen LogP contribution in [0.5, 0.6) is 5.88 Å². The lowest BCUT2D eigenvalue weighted by Crippen LogP contribution is -2.06. The zero-order valence-corrected chi connectivity index (χ0v) is 13.6. The molecule has 1 N–H and O–H groups in total. The highest BCUT2D eigenvalue weighted by Gasteiger charge is 2.18. The van der Waals surface area contributed by atoms with Crippen LogP contribution < -0.4 is 4.74 Å². The van der Waals surface area contributed by atoms with Gasteiger partial charge in [0, 0.05) is 11.1 Å². The maximum Gasteiger partial charge on any atom is 0.240 e. The van der Waals surface area contributed by atoms with E-state index >= 15 is 0 Å². The Labute approximate surface area is 147 Å². The number of aromatic amines is 1. The second-order valence-corrected chi connectivity index (χ2v) is 5.72. The summed E-state index contributed by atoms with van der Waals surface area (Å²) in [6.07, 6.45) is 7.42. The summed E-state index contributed by atoms with van der Waals surface area (Å²) < 4.78 is 7.60. The number of rotatable bonds is 5. The highest BCUT2D eigenvalue weighted by molar-refractivity contribution is 5.84. The van der Waals surface area contributed by atoms with Gasteiger partial charge in [-0.15, -0.1) is 15.3 Å². The van der Waals surface area contributed by atoms with Crippen molar-refractivity contribution >= 4 is 11.2 Å². The van der Waals surface area contributed by atoms with Crippen LogP contribution in [0.25, 0.3) is 22.6 Å². The van der Waals surface area contributed by atoms with E-state index in [2.05, 4.69) is 30.5 Å². The van der Waals surface area contributed by atoms with Crippen LogP contribution in [0.15, 0.2) is 61.0 Å². The summed E-state index contributed by atoms with van der Waals surface area (Å²) >= 11 is 0. The fraction of sp³-hybridized carbons (Fsp3) is 0.0556. The molecule has 0 amide bonds. The summed E-state index contributed by atoms with van der Waals surface area (Å²) in [6, 6.07) is 11.7. The topological polar surface area (TPSA) is 93.9 Å². The van der Waals surface area contributed by atoms with Gasteiger partial charge >= 0.3 is 0 Å². The summed E-state index contributed by atoms with van der Waals surface area (Å²) in [5.74, 6) is 1.78. The number of aromatic nitrogens is 7. The Morgan fingerprint density at radius 3 is 2.73 bits per heavy atom. The van der Waals surface area contributed by atoms with Crippen molar-refractivity contribution in [2.24, 2.45) is 0 Å². The van der Waals surface area contributed by atoms with Gasteiger partial charge in [-0.1, -0.05) is 48.6 Å². The molecule has 1 aliphatic rings. The Kier molecular flexibility index (Phi) is 3.31. The highest BCUT2D eigenvalue weighted by Crippen LogP contribution is 2.31. The molecule has 0 atom stereocenters. The number of ether oxygens (including phenoxy) is 1. The molecule has 8 nitrogen and oxygen atoms in total. The minimum Gasteiger partial charge on any atom is -0.468 e. The lowest BCUT2D eigenvalue weighted by Gasteiger charge is -2.13. The van der Waals surface area contributed by atoms with Gasteiger partial charge in [-0.05, 0) is 11.6 Å². The maximum atomic E-state index is 5.91. The molecule has 0 aliphatic heterocycles. The predicted molar refractivity (Wildman–Crippen MR) is 94.0 cm³/mol. The van der Waals surface area contributed by atoms with Gasteiger partial charge in [0.15, 0.2) is 17.3 Å². The number of nitrogens with one attached hydrogen (secondary N) is 1. The van der Waals surface area contributed by atoms with Crippen molar-refractivity contribution in [3.8, 4) is 17.3 Å². The lowest BCUT2D eigenvalue weighted by atomic mass is 10.0. The second-order valence-electron chi connectivity index (χ2n) is 5.72. The van der Waals surface area contributed by atoms with Gasteiger partial charge in [0.25, 0.3) is 0 Å². The fourth-order valence-corrected chi connectivity index (χ4v) is 2.71. The summed E-state index contributed by atoms with van der Waals surface area (Å²) in [5, 5.41) is 19.8. The molecule has 1 aromatic carbocycles. The molecule has 26 heavy (non-hydrogen) atoms. The first kappa shape index (κ1) is 14.5. The van der Waals surface area contributed by atoms with E-state index in [1.807, 2.05) is 54.6 Å². The van der Waals surface area contributed by atoms with Crippen LogP contribution in [0.4, 0.5) is 0 Å². The van der Waals surface area contributed by atoms with Crippen molar-refractivity contribution in [3.05, 3.63) is 72.3 Å². The quantitative estimate of drug-likeness (QED) is 0.598. The van der Waals surface area contributed by atoms with Gasteiger partial charge in [0.05, 0.1) is 0 Å². The van der Waals surface area contributed by atoms with Gasteiger partial charge < -0.3 is 4.74 Å². The number of benzene rings is 1. The van der Waals surface area contributed by atoms with Crippen LogP contribution in [0.1, 0.15) is 11.4 Å². The largest absolute Gasteiger partial charge is 0.468 e. The molecule has 126 valence electrons. The van der Waals surface area contributed by atoms with Crippen molar-refractivity contribution in [1.29, 1.82) is 0 Å². The Balaban J connectivity index is 1.60. The maximum absolute atomic E-state index is 5.91. The van der Waals surface area contributed by atoms with Crippen LogP contribution in [0, 0.1) is 0 Å². The molecule has 3 aromatic heterocycles. The first-order chi connectivity index (χ1) is 12.9. The number of hydrogen-bond acceptors (Lipinski definition) is 6. The third kappa shape index (κ3) is 2.44. The molecular formula is C18H13N7O. The first-order valence-corrected chi connectivity index (χ1v) is 8.06. The van der Waals surface area contributed by atoms with Crippen LogP contribution in [0.2, 0.25) is 0 Å². The summed E-state index contributed by atoms with van der Waals surface area (Å²) in [6.45, 7) is 0.241. The van der Waals surface area contributed by atoms with Crippen molar-refractivity contribution < 1.29 is 4.74 Å². The first-order valence-electron chi connectivity index (χ1n) is 8.06. The van der Waals surface area contributed by atoms with E-state index in [0.717, 1.165) is 16.7 Å². The van der Waals surface area contributed by atoms with E-state index in [1.165, 1.54) is 6.33 Å². The Morgan fingerprint density at radius 1 is 1.12 bits per heavy atom. The number of hydrogen-bond donors (Lipinski definition) is 1. The van der Waals surface area contributed by atoms with Gasteiger partial charge in [0.2, 0.25) is 5.88 Å². The molecule has 3 heterocycles. The smallest absolute Gasteiger partial charge is 0.240 e. The molecule has 5 rings (SSSR count). The van der Waals surface area contributed by atoms with Gasteiger partial charge in [-0.3, -0.25) is 5.10 Å². The molecule has 0 radical (unpaired) electrons. The Hall–Kier alpha value is -3.81. The van der Waals surface area contributed by atoms with E-state index in [0.29, 0.717) is 23.2 Å². The summed E-state index contributed by atoms with van der Waals surface area (Å²) in [7, 11) is 0. The van der Waals surface area contributed by atoms with Crippen LogP contribution >= 0.6 is 0 Å². The predicted octanol–water partition coefficient (Wildman–Crippen LogP) is 2.44. The van der Waals surface area contributed by atoms with E-state index in [1.54, 1.807) is 4.52 Å². The molecule has 0 bridgehead atoms. The third-order valence-corrected chi connectivity index (χ3v) is 4.06. The second kappa shape index (κ2) is 5.92. The molecular weight excluding hydrogens is 330 g/mol. The standard InChI is InChI=1S/C18H13N7O/c1-2-5-13(6-3-1)17-23-22-16-9-14(12-7-4-8-12)18(24-25(16)17)26-10-15-19-11-20-21-15/h1-9,11H,10H2,(H,19,20,21). The van der Waals surface area contributed by atoms with Crippen LogP contribution in [0.3, 0.4) is 0 Å². The lowest BCUT2D eigenvalue weighted by molar-refractivity contribution is 0.279. The number of nitrogens with zero attached hydrogens (tertiary/aromatic N) is 6. The molecule has 8 heteroatoms. The highest BCUT2D eigenvalue weighted by atomic mass is 16.5. The van der Waals surface area contributed by atoms with Gasteiger partial charge in [0.1, 0.15) is 12.9 Å². The zero-order chi connectivity index (χ0) is 17.3. The monoisotopic (exact) mass is 343 g/mol. The van der Waals surface area contributed by atoms with E-state index in [9.17, 15) is 0 Å². The average molecular weight is 343 g/mol. The van der Waals surface area contributed by atoms with Gasteiger partial charge in [-0.2, -0.15) is 9.61 Å². The summed E-state index contributed by atoms with van der Waals surface area (Å²) in [5.41, 5.74) is 3.50. The van der Waals surface area contributed by atoms with E-state index in [-0.39, 0.29) is 6.61 Å². The molecule has 0 saturated carbocycles. The van der Waals surface area contributed by atoms with Crippen LogP contribution in [-0.4, -0.2) is 35.0 Å². The molecule has 4 aromatic rings. The van der Waals surface area contributed by atoms with Crippen LogP contribution in [-0.2, 0) is 6.61 Å². The third-order valence-electron chi connectivity index (χ3n) is 4.06. The zero-order valence-electron chi connectivity index (χ0n) is 13.6. The SMILES string of the molecule is C1=CC(c2cc3nnc(-c4ccccc4)n3nc2OCc2ncn[nH]2)=C1. The number of allylic oxidation sites excluding steroid dienone is 4. The molecule has 0 fully saturated rings. The normalized spacial score (nSPS) is 12.8. The van der Waals surface area contributed by atoms with E-state index < -0.39 is 0 Å². The van der Waals surface area contributed by atoms with Crippen molar-refractivity contribution in [1.82, 2.24) is 35.0 Å². The van der Waals surface area contributed by atoms with Crippen molar-refractivity contribution in [2.75, 3.05) is 0 Å². The minimum atomic E-state index is 0.241. The molecule has 1 aliphatic carbocycles. The fourth-order valence-electron chi connectivity index (χ4n) is 2.71. The number of fused-ring (bicyclic) bond motifs is 1. The van der Waals surface area contributed by atoms with Gasteiger partial charge in [-0.25, -0.2) is 4.98 Å². The summed E-state index contributed by atoms with van der Waals surface area (Å²) in [4.78, 5) is 4.08. The Bertz CT molecular complexity index is 1130. The molecule has 0 spiro atoms. The van der Waals surface area contributed by atoms with Crippen molar-refractivity contribution in [2.45, 2.75) is 6.61 Å². The van der Waals surface area contributed by atoms with Crippen molar-refractivity contribution in [3.63, 3.8) is 0 Å². The molecule has 0 saturated heterocycles. The van der Waals surface area contributed by atoms with E-state index in [4.69, 9.17) is 4.74 Å². The minimum absolute atomic E-state index is 0.241. The Morgan fingerprint density at radius 2 is 2.00 bits per heavy atom. The number of H-pyrrole nitrogens is 1.